The molecule has 1 aliphatic carbocycles. The van der Waals surface area contributed by atoms with Gasteiger partial charge in [0.25, 0.3) is 0 Å². The Hall–Kier alpha value is -0.830. The van der Waals surface area contributed by atoms with Gasteiger partial charge in [0.15, 0.2) is 0 Å². The Kier molecular flexibility index (Phi) is 2.87. The van der Waals surface area contributed by atoms with Crippen LogP contribution in [0.25, 0.3) is 0 Å². The van der Waals surface area contributed by atoms with Gasteiger partial charge in [-0.15, -0.1) is 6.58 Å². The van der Waals surface area contributed by atoms with Gasteiger partial charge in [-0.25, -0.2) is 0 Å². The number of rotatable bonds is 5. The zero-order chi connectivity index (χ0) is 9.03. The minimum atomic E-state index is -0.266. The molecule has 0 atom stereocenters. The highest BCUT2D eigenvalue weighted by molar-refractivity contribution is 5.77. The molecule has 0 spiro atoms. The summed E-state index contributed by atoms with van der Waals surface area (Å²) < 4.78 is 0. The lowest BCUT2D eigenvalue weighted by Gasteiger charge is -2.13. The molecule has 0 radical (unpaired) electrons. The molecule has 1 rings (SSSR count). The van der Waals surface area contributed by atoms with E-state index in [1.807, 2.05) is 0 Å². The van der Waals surface area contributed by atoms with Crippen molar-refractivity contribution in [1.82, 2.24) is 5.32 Å². The summed E-state index contributed by atoms with van der Waals surface area (Å²) in [6.07, 6.45) is 4.71. The summed E-state index contributed by atoms with van der Waals surface area (Å²) in [4.78, 5) is 11.1. The number of carbonyl (C=O) groups is 1. The first kappa shape index (κ1) is 9.26. The predicted octanol–water partition coefficient (Wildman–Crippen LogP) is 0.594. The van der Waals surface area contributed by atoms with Crippen molar-refractivity contribution < 1.29 is 9.90 Å². The molecule has 2 N–H and O–H groups in total. The smallest absolute Gasteiger partial charge is 0.220 e. The van der Waals surface area contributed by atoms with Crippen molar-refractivity contribution in [2.45, 2.75) is 31.2 Å². The fraction of sp³-hybridized carbons (Fsp3) is 0.667. The molecule has 0 bridgehead atoms. The van der Waals surface area contributed by atoms with Crippen LogP contribution < -0.4 is 5.32 Å². The zero-order valence-corrected chi connectivity index (χ0v) is 7.18. The minimum Gasteiger partial charge on any atom is -0.394 e. The van der Waals surface area contributed by atoms with Gasteiger partial charge < -0.3 is 10.4 Å². The monoisotopic (exact) mass is 169 g/mol. The molecule has 0 unspecified atom stereocenters. The van der Waals surface area contributed by atoms with E-state index in [0.717, 1.165) is 12.8 Å². The standard InChI is InChI=1S/C9H15NO2/c1-2-3-4-8(12)10-9(7-11)5-6-9/h2,11H,1,3-7H2,(H,10,12). The summed E-state index contributed by atoms with van der Waals surface area (Å²) in [5.74, 6) is 0.0152. The second kappa shape index (κ2) is 3.72. The molecule has 0 saturated heterocycles. The van der Waals surface area contributed by atoms with Gasteiger partial charge in [0.2, 0.25) is 5.91 Å². The quantitative estimate of drug-likeness (QED) is 0.592. The van der Waals surface area contributed by atoms with Crippen LogP contribution in [-0.4, -0.2) is 23.2 Å². The molecule has 0 aromatic heterocycles. The molecule has 68 valence electrons. The van der Waals surface area contributed by atoms with Gasteiger partial charge in [0.05, 0.1) is 12.1 Å². The Morgan fingerprint density at radius 1 is 1.67 bits per heavy atom. The van der Waals surface area contributed by atoms with Crippen LogP contribution in [0.2, 0.25) is 0 Å². The number of amides is 1. The number of allylic oxidation sites excluding steroid dienone is 1. The first-order valence-corrected chi connectivity index (χ1v) is 4.25. The van der Waals surface area contributed by atoms with Gasteiger partial charge in [-0.3, -0.25) is 4.79 Å². The van der Waals surface area contributed by atoms with E-state index in [0.29, 0.717) is 12.8 Å². The normalized spacial score (nSPS) is 18.4. The third kappa shape index (κ3) is 2.34. The lowest BCUT2D eigenvalue weighted by Crippen LogP contribution is -2.39. The summed E-state index contributed by atoms with van der Waals surface area (Å²) in [6.45, 7) is 3.60. The van der Waals surface area contributed by atoms with Crippen molar-refractivity contribution in [3.63, 3.8) is 0 Å². The van der Waals surface area contributed by atoms with E-state index in [2.05, 4.69) is 11.9 Å². The van der Waals surface area contributed by atoms with Gasteiger partial charge in [-0.1, -0.05) is 6.08 Å². The van der Waals surface area contributed by atoms with Gasteiger partial charge in [-0.2, -0.15) is 0 Å². The Bertz CT molecular complexity index is 185. The molecule has 12 heavy (non-hydrogen) atoms. The molecular weight excluding hydrogens is 154 g/mol. The number of carbonyl (C=O) groups excluding carboxylic acids is 1. The number of nitrogens with one attached hydrogen (secondary N) is 1. The zero-order valence-electron chi connectivity index (χ0n) is 7.18. The second-order valence-electron chi connectivity index (χ2n) is 3.31. The van der Waals surface area contributed by atoms with Gasteiger partial charge in [0, 0.05) is 6.42 Å². The molecule has 1 amide bonds. The lowest BCUT2D eigenvalue weighted by atomic mass is 10.2. The topological polar surface area (TPSA) is 49.3 Å². The molecule has 0 heterocycles. The number of hydrogen-bond acceptors (Lipinski definition) is 2. The average molecular weight is 169 g/mol. The maximum Gasteiger partial charge on any atom is 0.220 e. The van der Waals surface area contributed by atoms with Gasteiger partial charge >= 0.3 is 0 Å². The van der Waals surface area contributed by atoms with Crippen molar-refractivity contribution in [3.05, 3.63) is 12.7 Å². The molecule has 0 aliphatic heterocycles. The predicted molar refractivity (Wildman–Crippen MR) is 46.6 cm³/mol. The van der Waals surface area contributed by atoms with Crippen LogP contribution in [0.3, 0.4) is 0 Å². The van der Waals surface area contributed by atoms with Crippen molar-refractivity contribution in [3.8, 4) is 0 Å². The van der Waals surface area contributed by atoms with Crippen LogP contribution in [0, 0.1) is 0 Å². The third-order valence-corrected chi connectivity index (χ3v) is 2.14. The molecule has 3 nitrogen and oxygen atoms in total. The van der Waals surface area contributed by atoms with Crippen LogP contribution in [-0.2, 0) is 4.79 Å². The summed E-state index contributed by atoms with van der Waals surface area (Å²) in [5, 5.41) is 11.7. The third-order valence-electron chi connectivity index (χ3n) is 2.14. The van der Waals surface area contributed by atoms with E-state index < -0.39 is 0 Å². The van der Waals surface area contributed by atoms with E-state index in [4.69, 9.17) is 5.11 Å². The fourth-order valence-electron chi connectivity index (χ4n) is 1.06. The van der Waals surface area contributed by atoms with E-state index in [1.165, 1.54) is 0 Å². The first-order valence-electron chi connectivity index (χ1n) is 4.25. The molecule has 1 aliphatic rings. The molecule has 0 aromatic carbocycles. The van der Waals surface area contributed by atoms with E-state index in [9.17, 15) is 4.79 Å². The van der Waals surface area contributed by atoms with Crippen LogP contribution in [0.4, 0.5) is 0 Å². The summed E-state index contributed by atoms with van der Waals surface area (Å²) in [7, 11) is 0. The Balaban J connectivity index is 2.21. The maximum atomic E-state index is 11.1. The summed E-state index contributed by atoms with van der Waals surface area (Å²) >= 11 is 0. The fourth-order valence-corrected chi connectivity index (χ4v) is 1.06. The highest BCUT2D eigenvalue weighted by Gasteiger charge is 2.43. The second-order valence-corrected chi connectivity index (χ2v) is 3.31. The molecular formula is C9H15NO2. The van der Waals surface area contributed by atoms with Gasteiger partial charge in [-0.05, 0) is 19.3 Å². The van der Waals surface area contributed by atoms with Gasteiger partial charge in [0.1, 0.15) is 0 Å². The SMILES string of the molecule is C=CCCC(=O)NC1(CO)CC1. The minimum absolute atomic E-state index is 0.0152. The largest absolute Gasteiger partial charge is 0.394 e. The number of aliphatic hydroxyl groups is 1. The average Bonchev–Trinajstić information content (AvgIpc) is 2.82. The molecule has 3 heteroatoms. The Morgan fingerprint density at radius 2 is 2.33 bits per heavy atom. The highest BCUT2D eigenvalue weighted by atomic mass is 16.3. The first-order chi connectivity index (χ1) is 5.72. The highest BCUT2D eigenvalue weighted by Crippen LogP contribution is 2.34. The Morgan fingerprint density at radius 3 is 2.75 bits per heavy atom. The molecule has 1 saturated carbocycles. The van der Waals surface area contributed by atoms with E-state index in [1.54, 1.807) is 6.08 Å². The number of aliphatic hydroxyl groups excluding tert-OH is 1. The van der Waals surface area contributed by atoms with Crippen LogP contribution in [0.15, 0.2) is 12.7 Å². The molecule has 0 aromatic rings. The lowest BCUT2D eigenvalue weighted by molar-refractivity contribution is -0.122. The van der Waals surface area contributed by atoms with E-state index in [-0.39, 0.29) is 18.1 Å². The van der Waals surface area contributed by atoms with Crippen molar-refractivity contribution in [1.29, 1.82) is 0 Å². The molecule has 1 fully saturated rings. The summed E-state index contributed by atoms with van der Waals surface area (Å²) in [5.41, 5.74) is -0.266. The Labute approximate surface area is 72.5 Å². The number of hydrogen-bond donors (Lipinski definition) is 2. The maximum absolute atomic E-state index is 11.1. The van der Waals surface area contributed by atoms with Crippen LogP contribution >= 0.6 is 0 Å². The van der Waals surface area contributed by atoms with Crippen molar-refractivity contribution in [2.75, 3.05) is 6.61 Å². The van der Waals surface area contributed by atoms with Crippen LogP contribution in [0.1, 0.15) is 25.7 Å². The van der Waals surface area contributed by atoms with Crippen LogP contribution in [0.5, 0.6) is 0 Å². The summed E-state index contributed by atoms with van der Waals surface area (Å²) in [6, 6.07) is 0. The van der Waals surface area contributed by atoms with Crippen molar-refractivity contribution in [2.24, 2.45) is 0 Å². The van der Waals surface area contributed by atoms with E-state index >= 15 is 0 Å². The van der Waals surface area contributed by atoms with Crippen molar-refractivity contribution >= 4 is 5.91 Å².